The standard InChI is InChI=1S/C30H55NO7/c1-3-5-7-9-11-13-15-17-19-21-25(23-27(32)31-26(30(36)37)24-28(33)34)38-29(35)22-20-18-16-14-12-10-8-6-4-2/h25-26H,3-24H2,1-2H3,(H,31,32)(H,33,34)(H,36,37). The number of carboxylic acid groups (broad SMARTS) is 2. The highest BCUT2D eigenvalue weighted by molar-refractivity contribution is 5.87. The predicted molar refractivity (Wildman–Crippen MR) is 150 cm³/mol. The van der Waals surface area contributed by atoms with Gasteiger partial charge in [-0.25, -0.2) is 4.79 Å². The van der Waals surface area contributed by atoms with Gasteiger partial charge in [0.15, 0.2) is 0 Å². The molecule has 0 aromatic rings. The Morgan fingerprint density at radius 1 is 0.632 bits per heavy atom. The van der Waals surface area contributed by atoms with Crippen LogP contribution in [0.1, 0.15) is 155 Å². The number of carbonyl (C=O) groups excluding carboxylic acids is 2. The van der Waals surface area contributed by atoms with Crippen LogP contribution in [0.5, 0.6) is 0 Å². The first kappa shape index (κ1) is 35.9. The zero-order valence-electron chi connectivity index (χ0n) is 24.1. The van der Waals surface area contributed by atoms with Gasteiger partial charge in [0.2, 0.25) is 5.91 Å². The van der Waals surface area contributed by atoms with Gasteiger partial charge in [-0.3, -0.25) is 14.4 Å². The van der Waals surface area contributed by atoms with Gasteiger partial charge in [-0.15, -0.1) is 0 Å². The maximum atomic E-state index is 12.5. The van der Waals surface area contributed by atoms with Crippen molar-refractivity contribution in [2.45, 2.75) is 167 Å². The Morgan fingerprint density at radius 2 is 1.08 bits per heavy atom. The highest BCUT2D eigenvalue weighted by Crippen LogP contribution is 2.16. The molecule has 0 radical (unpaired) electrons. The van der Waals surface area contributed by atoms with Crippen molar-refractivity contribution in [2.24, 2.45) is 0 Å². The molecule has 8 heteroatoms. The molecule has 2 atom stereocenters. The third kappa shape index (κ3) is 23.0. The Kier molecular flexibility index (Phi) is 23.8. The highest BCUT2D eigenvalue weighted by Gasteiger charge is 2.25. The lowest BCUT2D eigenvalue weighted by Gasteiger charge is -2.19. The van der Waals surface area contributed by atoms with E-state index in [1.54, 1.807) is 0 Å². The Balaban J connectivity index is 4.51. The van der Waals surface area contributed by atoms with Crippen LogP contribution in [-0.4, -0.2) is 46.2 Å². The van der Waals surface area contributed by atoms with E-state index in [0.717, 1.165) is 38.5 Å². The Bertz CT molecular complexity index is 638. The third-order valence-electron chi connectivity index (χ3n) is 6.84. The maximum absolute atomic E-state index is 12.5. The number of esters is 1. The molecule has 0 aromatic heterocycles. The number of hydrogen-bond acceptors (Lipinski definition) is 5. The monoisotopic (exact) mass is 541 g/mol. The number of amides is 1. The Hall–Kier alpha value is -2.12. The summed E-state index contributed by atoms with van der Waals surface area (Å²) in [5.41, 5.74) is 0. The van der Waals surface area contributed by atoms with Gasteiger partial charge in [0.25, 0.3) is 0 Å². The first-order valence-corrected chi connectivity index (χ1v) is 15.2. The van der Waals surface area contributed by atoms with Crippen LogP contribution in [0.2, 0.25) is 0 Å². The summed E-state index contributed by atoms with van der Waals surface area (Å²) in [5, 5.41) is 20.3. The van der Waals surface area contributed by atoms with Crippen LogP contribution in [0, 0.1) is 0 Å². The van der Waals surface area contributed by atoms with Gasteiger partial charge in [0.05, 0.1) is 12.8 Å². The zero-order chi connectivity index (χ0) is 28.4. The van der Waals surface area contributed by atoms with E-state index >= 15 is 0 Å². The first-order valence-electron chi connectivity index (χ1n) is 15.2. The summed E-state index contributed by atoms with van der Waals surface area (Å²) in [7, 11) is 0. The average molecular weight is 542 g/mol. The molecule has 0 rings (SSSR count). The fraction of sp³-hybridized carbons (Fsp3) is 0.867. The smallest absolute Gasteiger partial charge is 0.326 e. The Labute approximate surface area is 230 Å². The predicted octanol–water partition coefficient (Wildman–Crippen LogP) is 7.17. The van der Waals surface area contributed by atoms with Crippen molar-refractivity contribution < 1.29 is 34.1 Å². The summed E-state index contributed by atoms with van der Waals surface area (Å²) in [4.78, 5) is 47.1. The van der Waals surface area contributed by atoms with E-state index in [1.807, 2.05) is 0 Å². The molecule has 0 aliphatic heterocycles. The number of ether oxygens (including phenoxy) is 1. The van der Waals surface area contributed by atoms with E-state index < -0.39 is 36.4 Å². The molecule has 0 fully saturated rings. The number of carboxylic acids is 2. The van der Waals surface area contributed by atoms with Crippen molar-refractivity contribution in [3.8, 4) is 0 Å². The van der Waals surface area contributed by atoms with Crippen LogP contribution < -0.4 is 5.32 Å². The molecule has 0 aromatic carbocycles. The summed E-state index contributed by atoms with van der Waals surface area (Å²) >= 11 is 0. The van der Waals surface area contributed by atoms with Gasteiger partial charge < -0.3 is 20.3 Å². The molecule has 0 saturated heterocycles. The SMILES string of the molecule is CCCCCCCCCCCC(=O)OC(CCCCCCCCCCC)CC(=O)NC(CC(=O)O)C(=O)O. The molecular formula is C30H55NO7. The quantitative estimate of drug-likeness (QED) is 0.0742. The first-order chi connectivity index (χ1) is 18.3. The van der Waals surface area contributed by atoms with E-state index in [1.165, 1.54) is 77.0 Å². The van der Waals surface area contributed by atoms with Gasteiger partial charge >= 0.3 is 17.9 Å². The summed E-state index contributed by atoms with van der Waals surface area (Å²) in [6.45, 7) is 4.41. The largest absolute Gasteiger partial charge is 0.481 e. The van der Waals surface area contributed by atoms with E-state index in [4.69, 9.17) is 9.84 Å². The highest BCUT2D eigenvalue weighted by atomic mass is 16.5. The molecule has 0 spiro atoms. The molecule has 2 unspecified atom stereocenters. The maximum Gasteiger partial charge on any atom is 0.326 e. The minimum absolute atomic E-state index is 0.163. The van der Waals surface area contributed by atoms with Gasteiger partial charge in [-0.1, -0.05) is 117 Å². The van der Waals surface area contributed by atoms with Gasteiger partial charge in [0.1, 0.15) is 12.1 Å². The zero-order valence-corrected chi connectivity index (χ0v) is 24.1. The summed E-state index contributed by atoms with van der Waals surface area (Å²) in [6.07, 6.45) is 20.0. The number of aliphatic carboxylic acids is 2. The summed E-state index contributed by atoms with van der Waals surface area (Å²) in [6, 6.07) is -1.51. The fourth-order valence-electron chi connectivity index (χ4n) is 4.54. The number of hydrogen-bond donors (Lipinski definition) is 3. The lowest BCUT2D eigenvalue weighted by Crippen LogP contribution is -2.43. The second-order valence-corrected chi connectivity index (χ2v) is 10.6. The van der Waals surface area contributed by atoms with Crippen molar-refractivity contribution in [2.75, 3.05) is 0 Å². The van der Waals surface area contributed by atoms with Crippen LogP contribution in [0.15, 0.2) is 0 Å². The molecule has 0 saturated carbocycles. The molecule has 3 N–H and O–H groups in total. The number of unbranched alkanes of at least 4 members (excludes halogenated alkanes) is 16. The van der Waals surface area contributed by atoms with E-state index in [-0.39, 0.29) is 12.4 Å². The lowest BCUT2D eigenvalue weighted by atomic mass is 10.0. The average Bonchev–Trinajstić information content (AvgIpc) is 2.85. The van der Waals surface area contributed by atoms with E-state index in [9.17, 15) is 24.3 Å². The minimum atomic E-state index is -1.51. The molecule has 1 amide bonds. The molecule has 0 aliphatic carbocycles. The van der Waals surface area contributed by atoms with Crippen molar-refractivity contribution in [1.82, 2.24) is 5.32 Å². The number of nitrogens with one attached hydrogen (secondary N) is 1. The molecule has 38 heavy (non-hydrogen) atoms. The number of carbonyl (C=O) groups is 4. The topological polar surface area (TPSA) is 130 Å². The van der Waals surface area contributed by atoms with Crippen LogP contribution in [0.4, 0.5) is 0 Å². The summed E-state index contributed by atoms with van der Waals surface area (Å²) in [5.74, 6) is -3.66. The van der Waals surface area contributed by atoms with Crippen molar-refractivity contribution in [1.29, 1.82) is 0 Å². The number of rotatable bonds is 27. The third-order valence-corrected chi connectivity index (χ3v) is 6.84. The summed E-state index contributed by atoms with van der Waals surface area (Å²) < 4.78 is 5.62. The molecule has 0 aliphatic rings. The van der Waals surface area contributed by atoms with Crippen LogP contribution in [-0.2, 0) is 23.9 Å². The molecular weight excluding hydrogens is 486 g/mol. The van der Waals surface area contributed by atoms with Crippen LogP contribution >= 0.6 is 0 Å². The van der Waals surface area contributed by atoms with Gasteiger partial charge in [-0.05, 0) is 19.3 Å². The molecule has 0 bridgehead atoms. The fourth-order valence-corrected chi connectivity index (χ4v) is 4.54. The van der Waals surface area contributed by atoms with Gasteiger partial charge in [0, 0.05) is 6.42 Å². The van der Waals surface area contributed by atoms with Crippen LogP contribution in [0.25, 0.3) is 0 Å². The van der Waals surface area contributed by atoms with Crippen molar-refractivity contribution >= 4 is 23.8 Å². The molecule has 222 valence electrons. The van der Waals surface area contributed by atoms with Crippen LogP contribution in [0.3, 0.4) is 0 Å². The van der Waals surface area contributed by atoms with Crippen molar-refractivity contribution in [3.05, 3.63) is 0 Å². The molecule has 0 heterocycles. The minimum Gasteiger partial charge on any atom is -0.481 e. The normalized spacial score (nSPS) is 12.6. The Morgan fingerprint density at radius 3 is 1.53 bits per heavy atom. The second-order valence-electron chi connectivity index (χ2n) is 10.6. The second kappa shape index (κ2) is 25.2. The lowest BCUT2D eigenvalue weighted by molar-refractivity contribution is -0.152. The van der Waals surface area contributed by atoms with Gasteiger partial charge in [-0.2, -0.15) is 0 Å². The van der Waals surface area contributed by atoms with E-state index in [0.29, 0.717) is 12.8 Å². The molecule has 8 nitrogen and oxygen atoms in total. The van der Waals surface area contributed by atoms with Crippen molar-refractivity contribution in [3.63, 3.8) is 0 Å². The van der Waals surface area contributed by atoms with E-state index in [2.05, 4.69) is 19.2 Å².